The molecule has 2 aromatic rings. The van der Waals surface area contributed by atoms with E-state index in [1.54, 1.807) is 13.8 Å². The highest BCUT2D eigenvalue weighted by Crippen LogP contribution is 2.25. The minimum absolute atomic E-state index is 0.00202. The van der Waals surface area contributed by atoms with Crippen LogP contribution >= 0.6 is 0 Å². The number of ether oxygens (including phenoxy) is 2. The number of nitrogens with zero attached hydrogens (tertiary/aromatic N) is 2. The van der Waals surface area contributed by atoms with E-state index in [1.165, 1.54) is 6.20 Å². The lowest BCUT2D eigenvalue weighted by Gasteiger charge is -2.12. The average Bonchev–Trinajstić information content (AvgIpc) is 2.48. The van der Waals surface area contributed by atoms with Gasteiger partial charge in [-0.1, -0.05) is 0 Å². The van der Waals surface area contributed by atoms with Crippen LogP contribution in [0.4, 0.5) is 14.5 Å². The van der Waals surface area contributed by atoms with E-state index in [9.17, 15) is 17.2 Å². The van der Waals surface area contributed by atoms with Crippen LogP contribution in [-0.2, 0) is 15.8 Å². The van der Waals surface area contributed by atoms with E-state index >= 15 is 0 Å². The summed E-state index contributed by atoms with van der Waals surface area (Å²) in [6.07, 6.45) is 1.20. The van der Waals surface area contributed by atoms with Crippen molar-refractivity contribution in [1.82, 2.24) is 9.97 Å². The van der Waals surface area contributed by atoms with Crippen molar-refractivity contribution < 1.29 is 26.7 Å². The average molecular weight is 373 g/mol. The molecule has 0 unspecified atom stereocenters. The third-order valence-electron chi connectivity index (χ3n) is 2.83. The Morgan fingerprint density at radius 1 is 1.08 bits per heavy atom. The predicted molar refractivity (Wildman–Crippen MR) is 87.0 cm³/mol. The van der Waals surface area contributed by atoms with Crippen molar-refractivity contribution in [2.45, 2.75) is 19.6 Å². The molecule has 0 aliphatic rings. The zero-order valence-corrected chi connectivity index (χ0v) is 14.4. The molecule has 0 saturated heterocycles. The lowest BCUT2D eigenvalue weighted by Crippen LogP contribution is -2.17. The molecule has 2 rings (SSSR count). The van der Waals surface area contributed by atoms with Crippen LogP contribution in [0.15, 0.2) is 24.4 Å². The molecule has 1 aromatic carbocycles. The first kappa shape index (κ1) is 18.8. The highest BCUT2D eigenvalue weighted by molar-refractivity contribution is 7.91. The van der Waals surface area contributed by atoms with Crippen molar-refractivity contribution in [2.75, 3.05) is 17.9 Å². The molecular weight excluding hydrogens is 356 g/mol. The lowest BCUT2D eigenvalue weighted by molar-refractivity contribution is 0.290. The molecule has 25 heavy (non-hydrogen) atoms. The molecule has 0 amide bonds. The molecule has 0 radical (unpaired) electrons. The maximum Gasteiger partial charge on any atom is 0.319 e. The molecule has 7 nitrogen and oxygen atoms in total. The highest BCUT2D eigenvalue weighted by atomic mass is 32.2. The zero-order chi connectivity index (χ0) is 18.4. The molecular formula is C15H17F2N3O4S. The van der Waals surface area contributed by atoms with E-state index in [0.29, 0.717) is 12.7 Å². The monoisotopic (exact) mass is 373 g/mol. The van der Waals surface area contributed by atoms with E-state index in [2.05, 4.69) is 14.7 Å². The number of aromatic nitrogens is 2. The molecule has 0 bridgehead atoms. The van der Waals surface area contributed by atoms with Gasteiger partial charge in [0, 0.05) is 6.07 Å². The molecule has 1 heterocycles. The first-order valence-corrected chi connectivity index (χ1v) is 9.06. The summed E-state index contributed by atoms with van der Waals surface area (Å²) in [4.78, 5) is 7.84. The van der Waals surface area contributed by atoms with Gasteiger partial charge >= 0.3 is 6.01 Å². The number of nitrogens with one attached hydrogen (secondary N) is 1. The van der Waals surface area contributed by atoms with Crippen molar-refractivity contribution in [1.29, 1.82) is 0 Å². The summed E-state index contributed by atoms with van der Waals surface area (Å²) >= 11 is 0. The van der Waals surface area contributed by atoms with Gasteiger partial charge in [0.2, 0.25) is 15.9 Å². The summed E-state index contributed by atoms with van der Waals surface area (Å²) in [5.74, 6) is -2.34. The van der Waals surface area contributed by atoms with E-state index in [0.717, 1.165) is 12.1 Å². The van der Waals surface area contributed by atoms with E-state index < -0.39 is 27.4 Å². The van der Waals surface area contributed by atoms with Crippen LogP contribution in [0.3, 0.4) is 0 Å². The van der Waals surface area contributed by atoms with Crippen LogP contribution in [0.2, 0.25) is 0 Å². The SMILES string of the molecule is CCOc1ncc(NS(=O)(=O)Cc2cc(F)cc(F)c2)c(OCC)n1. The molecule has 0 spiro atoms. The largest absolute Gasteiger partial charge is 0.476 e. The van der Waals surface area contributed by atoms with Gasteiger partial charge in [0.15, 0.2) is 0 Å². The summed E-state index contributed by atoms with van der Waals surface area (Å²) in [5.41, 5.74) is -0.0306. The molecule has 0 aliphatic heterocycles. The first-order chi connectivity index (χ1) is 11.8. The predicted octanol–water partition coefficient (Wildman–Crippen LogP) is 2.49. The topological polar surface area (TPSA) is 90.4 Å². The van der Waals surface area contributed by atoms with Crippen LogP contribution in [0.1, 0.15) is 19.4 Å². The number of benzene rings is 1. The highest BCUT2D eigenvalue weighted by Gasteiger charge is 2.18. The van der Waals surface area contributed by atoms with Crippen LogP contribution in [0.5, 0.6) is 11.9 Å². The second kappa shape index (κ2) is 8.06. The van der Waals surface area contributed by atoms with Crippen molar-refractivity contribution in [2.24, 2.45) is 0 Å². The Balaban J connectivity index is 2.24. The second-order valence-electron chi connectivity index (χ2n) is 4.88. The van der Waals surface area contributed by atoms with Crippen LogP contribution < -0.4 is 14.2 Å². The summed E-state index contributed by atoms with van der Waals surface area (Å²) in [6.45, 7) is 4.03. The van der Waals surface area contributed by atoms with Crippen LogP contribution in [0.25, 0.3) is 0 Å². The number of anilines is 1. The summed E-state index contributed by atoms with van der Waals surface area (Å²) in [6, 6.07) is 2.60. The fourth-order valence-corrected chi connectivity index (χ4v) is 3.14. The van der Waals surface area contributed by atoms with Gasteiger partial charge in [-0.25, -0.2) is 22.2 Å². The lowest BCUT2D eigenvalue weighted by atomic mass is 10.2. The normalized spacial score (nSPS) is 11.2. The minimum atomic E-state index is -3.97. The number of sulfonamides is 1. The standard InChI is InChI=1S/C15H17F2N3O4S/c1-3-23-14-13(8-18-15(19-14)24-4-2)20-25(21,22)9-10-5-11(16)7-12(17)6-10/h5-8,20H,3-4,9H2,1-2H3. The van der Waals surface area contributed by atoms with Gasteiger partial charge in [0.05, 0.1) is 25.2 Å². The van der Waals surface area contributed by atoms with Crippen molar-refractivity contribution in [3.63, 3.8) is 0 Å². The Bertz CT molecular complexity index is 826. The van der Waals surface area contributed by atoms with Crippen molar-refractivity contribution in [3.05, 3.63) is 41.6 Å². The van der Waals surface area contributed by atoms with E-state index in [4.69, 9.17) is 9.47 Å². The summed E-state index contributed by atoms with van der Waals surface area (Å²) < 4.78 is 63.6. The van der Waals surface area contributed by atoms with E-state index in [1.807, 2.05) is 0 Å². The fourth-order valence-electron chi connectivity index (χ4n) is 1.98. The summed E-state index contributed by atoms with van der Waals surface area (Å²) in [5, 5.41) is 0. The quantitative estimate of drug-likeness (QED) is 0.765. The van der Waals surface area contributed by atoms with Gasteiger partial charge in [0.25, 0.3) is 0 Å². The maximum absolute atomic E-state index is 13.2. The Kier molecular flexibility index (Phi) is 6.07. The molecule has 0 saturated carbocycles. The molecule has 0 atom stereocenters. The van der Waals surface area contributed by atoms with Gasteiger partial charge < -0.3 is 9.47 Å². The van der Waals surface area contributed by atoms with Crippen molar-refractivity contribution in [3.8, 4) is 11.9 Å². The smallest absolute Gasteiger partial charge is 0.319 e. The van der Waals surface area contributed by atoms with Gasteiger partial charge in [-0.2, -0.15) is 4.98 Å². The van der Waals surface area contributed by atoms with Gasteiger partial charge in [-0.05, 0) is 31.5 Å². The number of hydrogen-bond acceptors (Lipinski definition) is 6. The zero-order valence-electron chi connectivity index (χ0n) is 13.6. The van der Waals surface area contributed by atoms with Gasteiger partial charge in [-0.15, -0.1) is 0 Å². The minimum Gasteiger partial charge on any atom is -0.476 e. The van der Waals surface area contributed by atoms with Crippen molar-refractivity contribution >= 4 is 15.7 Å². The molecule has 0 aliphatic carbocycles. The fraction of sp³-hybridized carbons (Fsp3) is 0.333. The molecule has 1 N–H and O–H groups in total. The molecule has 0 fully saturated rings. The van der Waals surface area contributed by atoms with Crippen LogP contribution in [-0.4, -0.2) is 31.6 Å². The van der Waals surface area contributed by atoms with Gasteiger partial charge in [0.1, 0.15) is 17.3 Å². The van der Waals surface area contributed by atoms with Crippen LogP contribution in [0, 0.1) is 11.6 Å². The molecule has 1 aromatic heterocycles. The Morgan fingerprint density at radius 3 is 2.32 bits per heavy atom. The first-order valence-electron chi connectivity index (χ1n) is 7.41. The number of rotatable bonds is 8. The number of halogens is 2. The second-order valence-corrected chi connectivity index (χ2v) is 6.60. The maximum atomic E-state index is 13.2. The van der Waals surface area contributed by atoms with Gasteiger partial charge in [-0.3, -0.25) is 4.72 Å². The Hall–Kier alpha value is -2.49. The Morgan fingerprint density at radius 2 is 1.72 bits per heavy atom. The third-order valence-corrected chi connectivity index (χ3v) is 4.07. The third kappa shape index (κ3) is 5.52. The molecule has 136 valence electrons. The molecule has 10 heteroatoms. The summed E-state index contributed by atoms with van der Waals surface area (Å²) in [7, 11) is -3.97. The van der Waals surface area contributed by atoms with E-state index in [-0.39, 0.29) is 29.7 Å². The Labute approximate surface area is 144 Å². The number of hydrogen-bond donors (Lipinski definition) is 1.